The minimum atomic E-state index is -0.380. The number of aryl methyl sites for hydroxylation is 1. The molecule has 0 radical (unpaired) electrons. The largest absolute Gasteiger partial charge is 0.497 e. The van der Waals surface area contributed by atoms with Crippen LogP contribution in [-0.2, 0) is 0 Å². The van der Waals surface area contributed by atoms with Crippen LogP contribution in [0.3, 0.4) is 0 Å². The number of rotatable bonds is 4. The molecular weight excluding hydrogens is 378 g/mol. The molecule has 1 amide bonds. The molecule has 0 saturated carbocycles. The Labute approximate surface area is 165 Å². The fraction of sp³-hybridized carbons (Fsp3) is 0.100. The normalized spacial score (nSPS) is 10.8. The van der Waals surface area contributed by atoms with Crippen molar-refractivity contribution in [3.63, 3.8) is 0 Å². The zero-order valence-electron chi connectivity index (χ0n) is 15.2. The van der Waals surface area contributed by atoms with E-state index in [9.17, 15) is 4.79 Å². The van der Waals surface area contributed by atoms with Gasteiger partial charge in [-0.15, -0.1) is 0 Å². The molecule has 140 valence electrons. The highest BCUT2D eigenvalue weighted by molar-refractivity contribution is 6.39. The summed E-state index contributed by atoms with van der Waals surface area (Å²) in [4.78, 5) is 21.2. The second kappa shape index (κ2) is 7.28. The Morgan fingerprint density at radius 2 is 1.93 bits per heavy atom. The van der Waals surface area contributed by atoms with E-state index in [2.05, 4.69) is 20.4 Å². The lowest BCUT2D eigenvalue weighted by Crippen LogP contribution is -2.14. The number of pyridine rings is 2. The summed E-state index contributed by atoms with van der Waals surface area (Å²) in [5.41, 5.74) is 2.32. The van der Waals surface area contributed by atoms with E-state index < -0.39 is 0 Å². The van der Waals surface area contributed by atoms with Crippen LogP contribution in [0.1, 0.15) is 16.1 Å². The van der Waals surface area contributed by atoms with Crippen molar-refractivity contribution < 1.29 is 9.53 Å². The van der Waals surface area contributed by atoms with Gasteiger partial charge in [-0.1, -0.05) is 17.7 Å². The molecule has 4 aromatic rings. The summed E-state index contributed by atoms with van der Waals surface area (Å²) < 4.78 is 6.88. The highest BCUT2D eigenvalue weighted by atomic mass is 35.5. The van der Waals surface area contributed by atoms with Gasteiger partial charge in [0.2, 0.25) is 0 Å². The SMILES string of the molecule is COc1ccc(-n2nc(C)c3c(Cl)c(C(=O)Nc4ccccn4)cnc32)cc1. The van der Waals surface area contributed by atoms with Crippen molar-refractivity contribution in [1.29, 1.82) is 0 Å². The Morgan fingerprint density at radius 1 is 1.14 bits per heavy atom. The first-order chi connectivity index (χ1) is 13.6. The first-order valence-corrected chi connectivity index (χ1v) is 8.87. The van der Waals surface area contributed by atoms with Crippen LogP contribution in [0.15, 0.2) is 54.9 Å². The molecule has 1 aromatic carbocycles. The van der Waals surface area contributed by atoms with Crippen LogP contribution in [0.5, 0.6) is 5.75 Å². The average Bonchev–Trinajstić information content (AvgIpc) is 3.06. The molecule has 0 bridgehead atoms. The van der Waals surface area contributed by atoms with E-state index in [1.165, 1.54) is 6.20 Å². The van der Waals surface area contributed by atoms with Gasteiger partial charge < -0.3 is 10.1 Å². The number of methoxy groups -OCH3 is 1. The highest BCUT2D eigenvalue weighted by Crippen LogP contribution is 2.30. The van der Waals surface area contributed by atoms with E-state index in [0.29, 0.717) is 27.6 Å². The number of hydrogen-bond donors (Lipinski definition) is 1. The predicted molar refractivity (Wildman–Crippen MR) is 107 cm³/mol. The van der Waals surface area contributed by atoms with Gasteiger partial charge in [0.15, 0.2) is 5.65 Å². The molecule has 28 heavy (non-hydrogen) atoms. The number of aromatic nitrogens is 4. The Balaban J connectivity index is 1.75. The van der Waals surface area contributed by atoms with E-state index in [1.807, 2.05) is 31.2 Å². The van der Waals surface area contributed by atoms with E-state index >= 15 is 0 Å². The minimum Gasteiger partial charge on any atom is -0.497 e. The topological polar surface area (TPSA) is 81.9 Å². The summed E-state index contributed by atoms with van der Waals surface area (Å²) in [5, 5.41) is 8.20. The van der Waals surface area contributed by atoms with Crippen molar-refractivity contribution in [2.24, 2.45) is 0 Å². The lowest BCUT2D eigenvalue weighted by Gasteiger charge is -2.08. The van der Waals surface area contributed by atoms with E-state index in [-0.39, 0.29) is 11.5 Å². The standard InChI is InChI=1S/C20H16ClN5O2/c1-12-17-18(21)15(20(27)24-16-5-3-4-10-22-16)11-23-19(17)26(25-12)13-6-8-14(28-2)9-7-13/h3-11H,1-2H3,(H,22,24,27). The number of nitrogens with zero attached hydrogens (tertiary/aromatic N) is 4. The smallest absolute Gasteiger partial charge is 0.259 e. The predicted octanol–water partition coefficient (Wildman–Crippen LogP) is 4.04. The molecule has 8 heteroatoms. The monoisotopic (exact) mass is 393 g/mol. The third-order valence-electron chi connectivity index (χ3n) is 4.28. The van der Waals surface area contributed by atoms with E-state index in [0.717, 1.165) is 11.4 Å². The summed E-state index contributed by atoms with van der Waals surface area (Å²) >= 11 is 6.56. The number of amides is 1. The third kappa shape index (κ3) is 3.16. The van der Waals surface area contributed by atoms with Gasteiger partial charge in [0.25, 0.3) is 5.91 Å². The Kier molecular flexibility index (Phi) is 4.67. The van der Waals surface area contributed by atoms with Crippen molar-refractivity contribution in [2.75, 3.05) is 12.4 Å². The molecule has 0 atom stereocenters. The van der Waals surface area contributed by atoms with Gasteiger partial charge in [0, 0.05) is 12.4 Å². The third-order valence-corrected chi connectivity index (χ3v) is 4.67. The number of anilines is 1. The number of benzene rings is 1. The first kappa shape index (κ1) is 17.9. The number of halogens is 1. The Morgan fingerprint density at radius 3 is 2.61 bits per heavy atom. The molecule has 3 heterocycles. The van der Waals surface area contributed by atoms with Crippen LogP contribution in [0, 0.1) is 6.92 Å². The van der Waals surface area contributed by atoms with E-state index in [4.69, 9.17) is 16.3 Å². The molecule has 1 N–H and O–H groups in total. The number of carbonyl (C=O) groups is 1. The van der Waals surface area contributed by atoms with Crippen LogP contribution < -0.4 is 10.1 Å². The molecule has 0 aliphatic rings. The van der Waals surface area contributed by atoms with Crippen molar-refractivity contribution >= 4 is 34.4 Å². The van der Waals surface area contributed by atoms with Gasteiger partial charge in [-0.25, -0.2) is 14.6 Å². The van der Waals surface area contributed by atoms with Crippen LogP contribution in [-0.4, -0.2) is 32.8 Å². The summed E-state index contributed by atoms with van der Waals surface area (Å²) in [6.07, 6.45) is 3.05. The lowest BCUT2D eigenvalue weighted by molar-refractivity contribution is 0.102. The molecule has 0 aliphatic heterocycles. The zero-order valence-corrected chi connectivity index (χ0v) is 15.9. The second-order valence-electron chi connectivity index (χ2n) is 6.05. The summed E-state index contributed by atoms with van der Waals surface area (Å²) in [6.45, 7) is 1.83. The van der Waals surface area contributed by atoms with Crippen LogP contribution >= 0.6 is 11.6 Å². The molecule has 0 saturated heterocycles. The molecule has 0 aliphatic carbocycles. The first-order valence-electron chi connectivity index (χ1n) is 8.49. The Hall–Kier alpha value is -3.45. The molecule has 0 fully saturated rings. The quantitative estimate of drug-likeness (QED) is 0.566. The minimum absolute atomic E-state index is 0.261. The molecule has 3 aromatic heterocycles. The number of fused-ring (bicyclic) bond motifs is 1. The van der Waals surface area contributed by atoms with Gasteiger partial charge in [0.1, 0.15) is 11.6 Å². The number of hydrogen-bond acceptors (Lipinski definition) is 5. The zero-order chi connectivity index (χ0) is 19.7. The second-order valence-corrected chi connectivity index (χ2v) is 6.43. The van der Waals surface area contributed by atoms with Crippen LogP contribution in [0.25, 0.3) is 16.7 Å². The van der Waals surface area contributed by atoms with E-state index in [1.54, 1.807) is 36.2 Å². The van der Waals surface area contributed by atoms with Crippen molar-refractivity contribution in [2.45, 2.75) is 6.92 Å². The number of ether oxygens (including phenoxy) is 1. The maximum absolute atomic E-state index is 12.6. The van der Waals surface area contributed by atoms with Gasteiger partial charge in [-0.05, 0) is 43.3 Å². The molecule has 0 unspecified atom stereocenters. The summed E-state index contributed by atoms with van der Waals surface area (Å²) in [5.74, 6) is 0.806. The van der Waals surface area contributed by atoms with Crippen molar-refractivity contribution in [1.82, 2.24) is 19.7 Å². The van der Waals surface area contributed by atoms with Crippen LogP contribution in [0.2, 0.25) is 5.02 Å². The average molecular weight is 394 g/mol. The fourth-order valence-corrected chi connectivity index (χ4v) is 3.25. The molecular formula is C20H16ClN5O2. The fourth-order valence-electron chi connectivity index (χ4n) is 2.89. The van der Waals surface area contributed by atoms with Gasteiger partial charge in [0.05, 0.1) is 34.5 Å². The summed E-state index contributed by atoms with van der Waals surface area (Å²) in [7, 11) is 1.61. The summed E-state index contributed by atoms with van der Waals surface area (Å²) in [6, 6.07) is 12.7. The van der Waals surface area contributed by atoms with Gasteiger partial charge in [-0.3, -0.25) is 4.79 Å². The number of carbonyl (C=O) groups excluding carboxylic acids is 1. The lowest BCUT2D eigenvalue weighted by atomic mass is 10.2. The molecule has 0 spiro atoms. The maximum Gasteiger partial charge on any atom is 0.259 e. The highest BCUT2D eigenvalue weighted by Gasteiger charge is 2.20. The maximum atomic E-state index is 12.6. The van der Waals surface area contributed by atoms with Crippen LogP contribution in [0.4, 0.5) is 5.82 Å². The van der Waals surface area contributed by atoms with Gasteiger partial charge in [-0.2, -0.15) is 5.10 Å². The molecule has 4 rings (SSSR count). The van der Waals surface area contributed by atoms with Crippen molar-refractivity contribution in [3.8, 4) is 11.4 Å². The van der Waals surface area contributed by atoms with Gasteiger partial charge >= 0.3 is 0 Å². The molecule has 7 nitrogen and oxygen atoms in total. The Bertz CT molecular complexity index is 1160. The number of nitrogens with one attached hydrogen (secondary N) is 1. The van der Waals surface area contributed by atoms with Crippen molar-refractivity contribution in [3.05, 3.63) is 71.1 Å².